The third-order valence-electron chi connectivity index (χ3n) is 3.02. The van der Waals surface area contributed by atoms with Crippen LogP contribution in [0.2, 0.25) is 5.02 Å². The Kier molecular flexibility index (Phi) is 3.19. The number of aryl methyl sites for hydroxylation is 2. The first-order chi connectivity index (χ1) is 9.56. The molecule has 0 spiro atoms. The molecule has 3 aromatic rings. The van der Waals surface area contributed by atoms with Crippen LogP contribution in [0.25, 0.3) is 10.2 Å². The molecule has 7 heteroatoms. The molecule has 0 saturated heterocycles. The van der Waals surface area contributed by atoms with Crippen molar-refractivity contribution in [2.24, 2.45) is 7.05 Å². The summed E-state index contributed by atoms with van der Waals surface area (Å²) in [5, 5.41) is 7.98. The lowest BCUT2D eigenvalue weighted by atomic mass is 10.2. The first-order valence-corrected chi connectivity index (χ1v) is 7.10. The number of hydrogen-bond acceptors (Lipinski definition) is 4. The van der Waals surface area contributed by atoms with Crippen molar-refractivity contribution in [3.63, 3.8) is 0 Å². The number of rotatable bonds is 2. The van der Waals surface area contributed by atoms with E-state index in [4.69, 9.17) is 11.6 Å². The van der Waals surface area contributed by atoms with Crippen LogP contribution < -0.4 is 5.32 Å². The highest BCUT2D eigenvalue weighted by Crippen LogP contribution is 2.31. The summed E-state index contributed by atoms with van der Waals surface area (Å²) in [5.41, 5.74) is 2.23. The number of benzene rings is 1. The van der Waals surface area contributed by atoms with Gasteiger partial charge in [0.15, 0.2) is 5.13 Å². The Morgan fingerprint density at radius 1 is 1.40 bits per heavy atom. The Hall–Kier alpha value is -1.92. The van der Waals surface area contributed by atoms with Crippen LogP contribution in [0.5, 0.6) is 0 Å². The zero-order chi connectivity index (χ0) is 14.3. The average molecular weight is 307 g/mol. The SMILES string of the molecule is Cc1c(Cl)ccc2sc(NC(=O)c3ccnn3C)nc12. The summed E-state index contributed by atoms with van der Waals surface area (Å²) >= 11 is 7.49. The minimum atomic E-state index is -0.229. The highest BCUT2D eigenvalue weighted by atomic mass is 35.5. The smallest absolute Gasteiger partial charge is 0.275 e. The lowest BCUT2D eigenvalue weighted by Crippen LogP contribution is -2.15. The van der Waals surface area contributed by atoms with Crippen LogP contribution >= 0.6 is 22.9 Å². The van der Waals surface area contributed by atoms with Crippen molar-refractivity contribution in [3.8, 4) is 0 Å². The standard InChI is InChI=1S/C13H11ClN4OS/c1-7-8(14)3-4-10-11(7)16-13(20-10)17-12(19)9-5-6-15-18(9)2/h3-6H,1-2H3,(H,16,17,19). The van der Waals surface area contributed by atoms with E-state index in [1.165, 1.54) is 16.0 Å². The van der Waals surface area contributed by atoms with Gasteiger partial charge in [-0.1, -0.05) is 22.9 Å². The molecule has 20 heavy (non-hydrogen) atoms. The topological polar surface area (TPSA) is 59.8 Å². The van der Waals surface area contributed by atoms with Crippen molar-refractivity contribution in [1.82, 2.24) is 14.8 Å². The van der Waals surface area contributed by atoms with E-state index in [1.54, 1.807) is 19.3 Å². The molecule has 2 heterocycles. The largest absolute Gasteiger partial charge is 0.296 e. The van der Waals surface area contributed by atoms with E-state index in [1.807, 2.05) is 19.1 Å². The number of hydrogen-bond donors (Lipinski definition) is 1. The number of amides is 1. The third kappa shape index (κ3) is 2.17. The van der Waals surface area contributed by atoms with Crippen molar-refractivity contribution in [1.29, 1.82) is 0 Å². The molecule has 0 aliphatic carbocycles. The van der Waals surface area contributed by atoms with Crippen molar-refractivity contribution < 1.29 is 4.79 Å². The summed E-state index contributed by atoms with van der Waals surface area (Å²) in [5.74, 6) is -0.229. The van der Waals surface area contributed by atoms with Crippen molar-refractivity contribution in [3.05, 3.63) is 40.7 Å². The summed E-state index contributed by atoms with van der Waals surface area (Å²) in [6.45, 7) is 1.91. The maximum absolute atomic E-state index is 12.1. The van der Waals surface area contributed by atoms with Crippen LogP contribution in [0.3, 0.4) is 0 Å². The Labute approximate surface area is 124 Å². The monoisotopic (exact) mass is 306 g/mol. The maximum atomic E-state index is 12.1. The number of fused-ring (bicyclic) bond motifs is 1. The number of thiazole rings is 1. The van der Waals surface area contributed by atoms with Gasteiger partial charge in [0.1, 0.15) is 5.69 Å². The Balaban J connectivity index is 1.94. The van der Waals surface area contributed by atoms with E-state index >= 15 is 0 Å². The van der Waals surface area contributed by atoms with Gasteiger partial charge in [-0.25, -0.2) is 4.98 Å². The molecule has 1 N–H and O–H groups in total. The average Bonchev–Trinajstić information content (AvgIpc) is 3.00. The molecular weight excluding hydrogens is 296 g/mol. The molecule has 0 aliphatic rings. The minimum absolute atomic E-state index is 0.229. The molecule has 0 atom stereocenters. The van der Waals surface area contributed by atoms with Crippen LogP contribution in [0, 0.1) is 6.92 Å². The minimum Gasteiger partial charge on any atom is -0.296 e. The number of aromatic nitrogens is 3. The van der Waals surface area contributed by atoms with Gasteiger partial charge in [0, 0.05) is 18.3 Å². The number of nitrogens with one attached hydrogen (secondary N) is 1. The van der Waals surface area contributed by atoms with Crippen LogP contribution in [0.1, 0.15) is 16.1 Å². The Morgan fingerprint density at radius 2 is 2.20 bits per heavy atom. The summed E-state index contributed by atoms with van der Waals surface area (Å²) in [6, 6.07) is 5.40. The van der Waals surface area contributed by atoms with Crippen molar-refractivity contribution >= 4 is 44.2 Å². The normalized spacial score (nSPS) is 10.9. The lowest BCUT2D eigenvalue weighted by Gasteiger charge is -2.01. The van der Waals surface area contributed by atoms with Crippen molar-refractivity contribution in [2.75, 3.05) is 5.32 Å². The molecule has 1 amide bonds. The van der Waals surface area contributed by atoms with Gasteiger partial charge in [-0.2, -0.15) is 5.10 Å². The van der Waals surface area contributed by atoms with E-state index in [0.29, 0.717) is 15.8 Å². The number of carbonyl (C=O) groups is 1. The molecule has 2 aromatic heterocycles. The Bertz CT molecular complexity index is 808. The van der Waals surface area contributed by atoms with Gasteiger partial charge in [-0.3, -0.25) is 14.8 Å². The number of carbonyl (C=O) groups excluding carboxylic acids is 1. The van der Waals surface area contributed by atoms with E-state index in [9.17, 15) is 4.79 Å². The zero-order valence-electron chi connectivity index (χ0n) is 10.8. The van der Waals surface area contributed by atoms with Gasteiger partial charge < -0.3 is 0 Å². The van der Waals surface area contributed by atoms with Gasteiger partial charge in [-0.05, 0) is 30.7 Å². The molecule has 0 bridgehead atoms. The maximum Gasteiger partial charge on any atom is 0.275 e. The van der Waals surface area contributed by atoms with Crippen LogP contribution in [0.15, 0.2) is 24.4 Å². The highest BCUT2D eigenvalue weighted by molar-refractivity contribution is 7.22. The second kappa shape index (κ2) is 4.88. The predicted molar refractivity (Wildman–Crippen MR) is 80.5 cm³/mol. The fourth-order valence-electron chi connectivity index (χ4n) is 1.91. The zero-order valence-corrected chi connectivity index (χ0v) is 12.4. The second-order valence-corrected chi connectivity index (χ2v) is 5.77. The molecule has 0 aliphatic heterocycles. The van der Waals surface area contributed by atoms with E-state index in [2.05, 4.69) is 15.4 Å². The number of halogens is 1. The molecule has 0 fully saturated rings. The summed E-state index contributed by atoms with van der Waals surface area (Å²) in [7, 11) is 1.72. The molecule has 5 nitrogen and oxygen atoms in total. The van der Waals surface area contributed by atoms with E-state index in [0.717, 1.165) is 15.8 Å². The lowest BCUT2D eigenvalue weighted by molar-refractivity contribution is 0.101. The molecule has 1 aromatic carbocycles. The molecule has 102 valence electrons. The summed E-state index contributed by atoms with van der Waals surface area (Å²) in [6.07, 6.45) is 1.58. The third-order valence-corrected chi connectivity index (χ3v) is 4.37. The first-order valence-electron chi connectivity index (χ1n) is 5.91. The fraction of sp³-hybridized carbons (Fsp3) is 0.154. The van der Waals surface area contributed by atoms with Gasteiger partial charge in [-0.15, -0.1) is 0 Å². The van der Waals surface area contributed by atoms with Crippen LogP contribution in [-0.4, -0.2) is 20.7 Å². The number of nitrogens with zero attached hydrogens (tertiary/aromatic N) is 3. The van der Waals surface area contributed by atoms with Crippen LogP contribution in [-0.2, 0) is 7.05 Å². The van der Waals surface area contributed by atoms with Crippen molar-refractivity contribution in [2.45, 2.75) is 6.92 Å². The van der Waals surface area contributed by atoms with E-state index < -0.39 is 0 Å². The summed E-state index contributed by atoms with van der Waals surface area (Å²) in [4.78, 5) is 16.5. The quantitative estimate of drug-likeness (QED) is 0.790. The van der Waals surface area contributed by atoms with Crippen LogP contribution in [0.4, 0.5) is 5.13 Å². The van der Waals surface area contributed by atoms with E-state index in [-0.39, 0.29) is 5.91 Å². The van der Waals surface area contributed by atoms with Gasteiger partial charge in [0.05, 0.1) is 10.2 Å². The molecular formula is C13H11ClN4OS. The Morgan fingerprint density at radius 3 is 2.90 bits per heavy atom. The number of anilines is 1. The molecule has 0 unspecified atom stereocenters. The first kappa shape index (κ1) is 13.1. The van der Waals surface area contributed by atoms with Gasteiger partial charge in [0.25, 0.3) is 5.91 Å². The fourth-order valence-corrected chi connectivity index (χ4v) is 2.98. The van der Waals surface area contributed by atoms with Gasteiger partial charge in [0.2, 0.25) is 0 Å². The second-order valence-electron chi connectivity index (χ2n) is 4.33. The highest BCUT2D eigenvalue weighted by Gasteiger charge is 2.14. The molecule has 0 saturated carbocycles. The predicted octanol–water partition coefficient (Wildman–Crippen LogP) is 3.24. The molecule has 0 radical (unpaired) electrons. The summed E-state index contributed by atoms with van der Waals surface area (Å²) < 4.78 is 2.51. The van der Waals surface area contributed by atoms with Gasteiger partial charge >= 0.3 is 0 Å². The molecule has 3 rings (SSSR count).